The van der Waals surface area contributed by atoms with E-state index in [1.807, 2.05) is 59.5 Å². The van der Waals surface area contributed by atoms with Crippen molar-refractivity contribution in [2.75, 3.05) is 4.90 Å². The van der Waals surface area contributed by atoms with Crippen LogP contribution in [0.4, 0.5) is 25.8 Å². The third-order valence-corrected chi connectivity index (χ3v) is 8.37. The van der Waals surface area contributed by atoms with Gasteiger partial charge in [-0.15, -0.1) is 0 Å². The molecule has 5 heteroatoms. The molecule has 0 N–H and O–H groups in total. The van der Waals surface area contributed by atoms with E-state index >= 15 is 0 Å². The molecule has 0 bridgehead atoms. The summed E-state index contributed by atoms with van der Waals surface area (Å²) in [5.41, 5.74) is 9.87. The maximum absolute atomic E-state index is 13.8. The highest BCUT2D eigenvalue weighted by Crippen LogP contribution is 2.38. The summed E-state index contributed by atoms with van der Waals surface area (Å²) in [5, 5.41) is 2.10. The van der Waals surface area contributed by atoms with Crippen LogP contribution in [0.3, 0.4) is 0 Å². The standard InChI is InChI=1S/C42H27F2N3/c43-33-16-22-36(23-17-33)47(37-24-18-34(44)19-25-37)35-20-13-28(14-21-35)32-12-11-29-15-26-39-42(38(29)27-32)46-41(31-9-5-2-6-10-31)40(45-39)30-7-3-1-4-8-30/h1-27H. The molecule has 0 amide bonds. The van der Waals surface area contributed by atoms with Crippen LogP contribution in [0.1, 0.15) is 0 Å². The van der Waals surface area contributed by atoms with E-state index in [2.05, 4.69) is 60.7 Å². The third-order valence-electron chi connectivity index (χ3n) is 8.37. The van der Waals surface area contributed by atoms with Gasteiger partial charge in [-0.1, -0.05) is 91.0 Å². The van der Waals surface area contributed by atoms with Gasteiger partial charge >= 0.3 is 0 Å². The molecule has 0 radical (unpaired) electrons. The van der Waals surface area contributed by atoms with Crippen LogP contribution in [0.5, 0.6) is 0 Å². The fourth-order valence-corrected chi connectivity index (χ4v) is 6.04. The highest BCUT2D eigenvalue weighted by Gasteiger charge is 2.16. The molecular formula is C42H27F2N3. The van der Waals surface area contributed by atoms with E-state index in [1.165, 1.54) is 24.3 Å². The second-order valence-electron chi connectivity index (χ2n) is 11.4. The largest absolute Gasteiger partial charge is 0.310 e. The van der Waals surface area contributed by atoms with Crippen LogP contribution in [0.15, 0.2) is 164 Å². The molecule has 224 valence electrons. The molecule has 7 aromatic carbocycles. The molecule has 0 spiro atoms. The van der Waals surface area contributed by atoms with E-state index < -0.39 is 0 Å². The van der Waals surface area contributed by atoms with Crippen molar-refractivity contribution in [2.45, 2.75) is 0 Å². The minimum absolute atomic E-state index is 0.316. The number of hydrogen-bond donors (Lipinski definition) is 0. The first-order valence-corrected chi connectivity index (χ1v) is 15.4. The molecule has 0 saturated heterocycles. The van der Waals surface area contributed by atoms with Crippen molar-refractivity contribution in [3.05, 3.63) is 175 Å². The molecule has 0 saturated carbocycles. The van der Waals surface area contributed by atoms with E-state index in [9.17, 15) is 8.78 Å². The summed E-state index contributed by atoms with van der Waals surface area (Å²) in [4.78, 5) is 12.4. The molecule has 1 aromatic heterocycles. The molecular weight excluding hydrogens is 584 g/mol. The molecule has 0 unspecified atom stereocenters. The number of rotatable bonds is 6. The third kappa shape index (κ3) is 5.49. The van der Waals surface area contributed by atoms with Crippen LogP contribution in [0, 0.1) is 11.6 Å². The summed E-state index contributed by atoms with van der Waals surface area (Å²) in [6, 6.07) is 51.7. The summed E-state index contributed by atoms with van der Waals surface area (Å²) in [6.45, 7) is 0. The Morgan fingerprint density at radius 2 is 0.872 bits per heavy atom. The molecule has 8 rings (SSSR count). The van der Waals surface area contributed by atoms with Crippen molar-refractivity contribution in [1.82, 2.24) is 9.97 Å². The Kier molecular flexibility index (Phi) is 7.19. The topological polar surface area (TPSA) is 29.0 Å². The lowest BCUT2D eigenvalue weighted by molar-refractivity contribution is 0.628. The van der Waals surface area contributed by atoms with Gasteiger partial charge in [0, 0.05) is 33.6 Å². The summed E-state index contributed by atoms with van der Waals surface area (Å²) >= 11 is 0. The zero-order valence-corrected chi connectivity index (χ0v) is 25.2. The van der Waals surface area contributed by atoms with Gasteiger partial charge in [-0.3, -0.25) is 0 Å². The van der Waals surface area contributed by atoms with Gasteiger partial charge in [-0.05, 0) is 89.3 Å². The average Bonchev–Trinajstić information content (AvgIpc) is 3.13. The number of aromatic nitrogens is 2. The second-order valence-corrected chi connectivity index (χ2v) is 11.4. The van der Waals surface area contributed by atoms with Gasteiger partial charge in [0.05, 0.1) is 22.4 Å². The first-order chi connectivity index (χ1) is 23.1. The normalized spacial score (nSPS) is 11.2. The van der Waals surface area contributed by atoms with Gasteiger partial charge < -0.3 is 4.90 Å². The van der Waals surface area contributed by atoms with Crippen LogP contribution >= 0.6 is 0 Å². The molecule has 0 aliphatic carbocycles. The fourth-order valence-electron chi connectivity index (χ4n) is 6.04. The number of anilines is 3. The molecule has 1 heterocycles. The lowest BCUT2D eigenvalue weighted by Crippen LogP contribution is -2.09. The monoisotopic (exact) mass is 611 g/mol. The van der Waals surface area contributed by atoms with Gasteiger partial charge in [-0.25, -0.2) is 18.7 Å². The van der Waals surface area contributed by atoms with Crippen LogP contribution in [-0.2, 0) is 0 Å². The summed E-state index contributed by atoms with van der Waals surface area (Å²) in [5.74, 6) is -0.632. The Labute approximate surface area is 271 Å². The van der Waals surface area contributed by atoms with E-state index in [0.717, 1.165) is 72.5 Å². The second kappa shape index (κ2) is 12.0. The van der Waals surface area contributed by atoms with E-state index in [-0.39, 0.29) is 11.6 Å². The Bertz CT molecular complexity index is 2290. The minimum atomic E-state index is -0.316. The van der Waals surface area contributed by atoms with Gasteiger partial charge in [0.15, 0.2) is 0 Å². The highest BCUT2D eigenvalue weighted by atomic mass is 19.1. The molecule has 0 atom stereocenters. The SMILES string of the molecule is Fc1ccc(N(c2ccc(F)cc2)c2ccc(-c3ccc4ccc5nc(-c6ccccc6)c(-c6ccccc6)nc5c4c3)cc2)cc1. The van der Waals surface area contributed by atoms with Crippen molar-refractivity contribution >= 4 is 38.9 Å². The molecule has 47 heavy (non-hydrogen) atoms. The van der Waals surface area contributed by atoms with Crippen LogP contribution < -0.4 is 4.90 Å². The maximum atomic E-state index is 13.8. The van der Waals surface area contributed by atoms with Gasteiger partial charge in [-0.2, -0.15) is 0 Å². The first-order valence-electron chi connectivity index (χ1n) is 15.4. The van der Waals surface area contributed by atoms with Gasteiger partial charge in [0.1, 0.15) is 11.6 Å². The Morgan fingerprint density at radius 3 is 1.43 bits per heavy atom. The zero-order chi connectivity index (χ0) is 31.7. The molecule has 3 nitrogen and oxygen atoms in total. The quantitative estimate of drug-likeness (QED) is 0.175. The van der Waals surface area contributed by atoms with E-state index in [4.69, 9.17) is 9.97 Å². The lowest BCUT2D eigenvalue weighted by Gasteiger charge is -2.25. The average molecular weight is 612 g/mol. The van der Waals surface area contributed by atoms with Crippen molar-refractivity contribution in [3.63, 3.8) is 0 Å². The van der Waals surface area contributed by atoms with E-state index in [0.29, 0.717) is 0 Å². The number of benzene rings is 7. The molecule has 0 aliphatic rings. The van der Waals surface area contributed by atoms with Crippen molar-refractivity contribution in [1.29, 1.82) is 0 Å². The number of halogens is 2. The summed E-state index contributed by atoms with van der Waals surface area (Å²) in [6.07, 6.45) is 0. The predicted octanol–water partition coefficient (Wildman–Crippen LogP) is 11.5. The lowest BCUT2D eigenvalue weighted by atomic mass is 9.99. The Balaban J connectivity index is 1.23. The van der Waals surface area contributed by atoms with Crippen LogP contribution in [-0.4, -0.2) is 9.97 Å². The molecule has 8 aromatic rings. The maximum Gasteiger partial charge on any atom is 0.123 e. The van der Waals surface area contributed by atoms with Crippen LogP contribution in [0.2, 0.25) is 0 Å². The summed E-state index contributed by atoms with van der Waals surface area (Å²) < 4.78 is 27.6. The number of hydrogen-bond acceptors (Lipinski definition) is 3. The predicted molar refractivity (Wildman–Crippen MR) is 188 cm³/mol. The minimum Gasteiger partial charge on any atom is -0.310 e. The fraction of sp³-hybridized carbons (Fsp3) is 0. The van der Waals surface area contributed by atoms with Crippen LogP contribution in [0.25, 0.3) is 55.4 Å². The van der Waals surface area contributed by atoms with Crippen molar-refractivity contribution in [2.24, 2.45) is 0 Å². The molecule has 0 fully saturated rings. The number of nitrogens with zero attached hydrogens (tertiary/aromatic N) is 3. The number of fused-ring (bicyclic) bond motifs is 3. The first kappa shape index (κ1) is 28.3. The van der Waals surface area contributed by atoms with Crippen molar-refractivity contribution in [3.8, 4) is 33.6 Å². The molecule has 0 aliphatic heterocycles. The highest BCUT2D eigenvalue weighted by molar-refractivity contribution is 6.07. The van der Waals surface area contributed by atoms with Gasteiger partial charge in [0.2, 0.25) is 0 Å². The van der Waals surface area contributed by atoms with Crippen molar-refractivity contribution < 1.29 is 8.78 Å². The van der Waals surface area contributed by atoms with E-state index in [1.54, 1.807) is 24.3 Å². The summed E-state index contributed by atoms with van der Waals surface area (Å²) in [7, 11) is 0. The smallest absolute Gasteiger partial charge is 0.123 e. The van der Waals surface area contributed by atoms with Gasteiger partial charge in [0.25, 0.3) is 0 Å². The Hall–Kier alpha value is -6.20. The Morgan fingerprint density at radius 1 is 0.404 bits per heavy atom. The zero-order valence-electron chi connectivity index (χ0n) is 25.2.